The number of rotatable bonds is 2. The average Bonchev–Trinajstić information content (AvgIpc) is 2.37. The summed E-state index contributed by atoms with van der Waals surface area (Å²) in [5.74, 6) is 1.98. The highest BCUT2D eigenvalue weighted by molar-refractivity contribution is 9.10. The van der Waals surface area contributed by atoms with Crippen molar-refractivity contribution in [3.63, 3.8) is 0 Å². The van der Waals surface area contributed by atoms with E-state index in [-0.39, 0.29) is 5.60 Å². The minimum atomic E-state index is -0.355. The molecule has 0 radical (unpaired) electrons. The Balaban J connectivity index is 2.39. The van der Waals surface area contributed by atoms with Crippen LogP contribution in [0.25, 0.3) is 0 Å². The summed E-state index contributed by atoms with van der Waals surface area (Å²) in [4.78, 5) is 8.98. The lowest BCUT2D eigenvalue weighted by Crippen LogP contribution is -2.35. The molecule has 2 rings (SSSR count). The lowest BCUT2D eigenvalue weighted by Gasteiger charge is -2.37. The van der Waals surface area contributed by atoms with Crippen LogP contribution in [-0.2, 0) is 10.3 Å². The molecule has 0 unspecified atom stereocenters. The fraction of sp³-hybridized carbons (Fsp3) is 0.692. The van der Waals surface area contributed by atoms with Gasteiger partial charge in [-0.15, -0.1) is 0 Å². The van der Waals surface area contributed by atoms with E-state index < -0.39 is 0 Å². The second-order valence-corrected chi connectivity index (χ2v) is 6.01. The molecule has 1 saturated carbocycles. The van der Waals surface area contributed by atoms with E-state index in [9.17, 15) is 0 Å². The van der Waals surface area contributed by atoms with Crippen molar-refractivity contribution in [3.05, 3.63) is 16.0 Å². The molecule has 18 heavy (non-hydrogen) atoms. The van der Waals surface area contributed by atoms with E-state index in [1.165, 1.54) is 0 Å². The van der Waals surface area contributed by atoms with Gasteiger partial charge in [-0.2, -0.15) is 0 Å². The van der Waals surface area contributed by atoms with Crippen molar-refractivity contribution in [2.24, 2.45) is 5.92 Å². The van der Waals surface area contributed by atoms with Crippen LogP contribution in [0.2, 0.25) is 0 Å². The fourth-order valence-electron chi connectivity index (χ4n) is 2.53. The highest BCUT2D eigenvalue weighted by Gasteiger charge is 2.39. The molecule has 1 aromatic heterocycles. The van der Waals surface area contributed by atoms with Gasteiger partial charge in [-0.05, 0) is 54.5 Å². The summed E-state index contributed by atoms with van der Waals surface area (Å²) in [5, 5.41) is 0. The number of anilines is 1. The zero-order valence-corrected chi connectivity index (χ0v) is 12.7. The summed E-state index contributed by atoms with van der Waals surface area (Å²) in [6.45, 7) is 4.21. The molecule has 0 bridgehead atoms. The maximum absolute atomic E-state index is 5.92. The van der Waals surface area contributed by atoms with E-state index >= 15 is 0 Å². The maximum atomic E-state index is 5.92. The van der Waals surface area contributed by atoms with Crippen molar-refractivity contribution >= 4 is 21.7 Å². The lowest BCUT2D eigenvalue weighted by atomic mass is 9.79. The van der Waals surface area contributed by atoms with Crippen LogP contribution in [0.5, 0.6) is 0 Å². The first-order valence-corrected chi connectivity index (χ1v) is 7.13. The van der Waals surface area contributed by atoms with Crippen LogP contribution < -0.4 is 5.73 Å². The van der Waals surface area contributed by atoms with Crippen LogP contribution in [-0.4, -0.2) is 17.1 Å². The summed E-state index contributed by atoms with van der Waals surface area (Å²) >= 11 is 3.40. The van der Waals surface area contributed by atoms with E-state index in [1.54, 1.807) is 7.11 Å². The summed E-state index contributed by atoms with van der Waals surface area (Å²) < 4.78 is 6.55. The van der Waals surface area contributed by atoms with Crippen molar-refractivity contribution < 1.29 is 4.74 Å². The fourth-order valence-corrected chi connectivity index (χ4v) is 2.71. The summed E-state index contributed by atoms with van der Waals surface area (Å²) in [6, 6.07) is 0. The molecular weight excluding hydrogens is 294 g/mol. The van der Waals surface area contributed by atoms with Crippen LogP contribution >= 0.6 is 15.9 Å². The topological polar surface area (TPSA) is 61.0 Å². The molecule has 1 aliphatic carbocycles. The highest BCUT2D eigenvalue weighted by atomic mass is 79.9. The van der Waals surface area contributed by atoms with Crippen LogP contribution in [0.3, 0.4) is 0 Å². The van der Waals surface area contributed by atoms with E-state index in [0.29, 0.717) is 5.82 Å². The Kier molecular flexibility index (Phi) is 3.92. The second-order valence-electron chi connectivity index (χ2n) is 5.21. The number of aromatic nitrogens is 2. The number of aryl methyl sites for hydroxylation is 1. The number of hydrogen-bond donors (Lipinski definition) is 1. The van der Waals surface area contributed by atoms with Crippen molar-refractivity contribution in [1.29, 1.82) is 0 Å². The number of ether oxygens (including phenoxy) is 1. The molecular formula is C13H20BrN3O. The monoisotopic (exact) mass is 313 g/mol. The number of nitrogen functional groups attached to an aromatic ring is 1. The van der Waals surface area contributed by atoms with Gasteiger partial charge >= 0.3 is 0 Å². The molecule has 100 valence electrons. The Morgan fingerprint density at radius 3 is 2.44 bits per heavy atom. The third-order valence-corrected chi connectivity index (χ3v) is 4.90. The predicted molar refractivity (Wildman–Crippen MR) is 75.2 cm³/mol. The Hall–Kier alpha value is -0.680. The molecule has 0 saturated heterocycles. The normalized spacial score (nSPS) is 28.3. The zero-order valence-electron chi connectivity index (χ0n) is 11.2. The molecule has 0 spiro atoms. The number of methoxy groups -OCH3 is 1. The van der Waals surface area contributed by atoms with Crippen LogP contribution in [0.1, 0.15) is 44.1 Å². The standard InChI is InChI=1S/C13H20BrN3O/c1-8-4-6-13(18-3,7-5-8)12-16-9(2)10(14)11(15)17-12/h8H,4-7H2,1-3H3,(H2,15,16,17). The molecule has 1 heterocycles. The number of hydrogen-bond acceptors (Lipinski definition) is 4. The molecule has 1 aliphatic rings. The van der Waals surface area contributed by atoms with Crippen LogP contribution in [0.15, 0.2) is 4.47 Å². The first kappa shape index (κ1) is 13.7. The highest BCUT2D eigenvalue weighted by Crippen LogP contribution is 2.41. The molecule has 0 atom stereocenters. The third-order valence-electron chi connectivity index (χ3n) is 3.92. The molecule has 1 aromatic rings. The maximum Gasteiger partial charge on any atom is 0.162 e. The summed E-state index contributed by atoms with van der Waals surface area (Å²) in [7, 11) is 1.74. The van der Waals surface area contributed by atoms with Gasteiger partial charge in [0.05, 0.1) is 10.2 Å². The molecule has 4 nitrogen and oxygen atoms in total. The average molecular weight is 314 g/mol. The minimum Gasteiger partial charge on any atom is -0.383 e. The van der Waals surface area contributed by atoms with Crippen molar-refractivity contribution in [2.45, 2.75) is 45.1 Å². The van der Waals surface area contributed by atoms with Crippen molar-refractivity contribution in [2.75, 3.05) is 12.8 Å². The van der Waals surface area contributed by atoms with Gasteiger partial charge in [-0.25, -0.2) is 9.97 Å². The zero-order chi connectivity index (χ0) is 13.3. The van der Waals surface area contributed by atoms with E-state index in [4.69, 9.17) is 10.5 Å². The molecule has 2 N–H and O–H groups in total. The Bertz CT molecular complexity index is 419. The molecule has 1 fully saturated rings. The van der Waals surface area contributed by atoms with Gasteiger partial charge in [-0.3, -0.25) is 0 Å². The second kappa shape index (κ2) is 5.13. The number of halogens is 1. The van der Waals surface area contributed by atoms with Gasteiger partial charge < -0.3 is 10.5 Å². The Morgan fingerprint density at radius 2 is 1.94 bits per heavy atom. The third kappa shape index (κ3) is 2.38. The van der Waals surface area contributed by atoms with Gasteiger partial charge in [0.15, 0.2) is 5.82 Å². The van der Waals surface area contributed by atoms with Gasteiger partial charge in [-0.1, -0.05) is 6.92 Å². The minimum absolute atomic E-state index is 0.355. The molecule has 0 aliphatic heterocycles. The largest absolute Gasteiger partial charge is 0.383 e. The van der Waals surface area contributed by atoms with E-state index in [2.05, 4.69) is 32.8 Å². The van der Waals surface area contributed by atoms with Gasteiger partial charge in [0, 0.05) is 7.11 Å². The van der Waals surface area contributed by atoms with Crippen molar-refractivity contribution in [3.8, 4) is 0 Å². The van der Waals surface area contributed by atoms with Gasteiger partial charge in [0.2, 0.25) is 0 Å². The first-order valence-electron chi connectivity index (χ1n) is 6.34. The smallest absolute Gasteiger partial charge is 0.162 e. The summed E-state index contributed by atoms with van der Waals surface area (Å²) in [6.07, 6.45) is 4.22. The SMILES string of the molecule is COC1(c2nc(C)c(Br)c(N)n2)CCC(C)CC1. The molecule has 0 amide bonds. The Morgan fingerprint density at radius 1 is 1.33 bits per heavy atom. The molecule has 5 heteroatoms. The van der Waals surface area contributed by atoms with Crippen LogP contribution in [0, 0.1) is 12.8 Å². The number of nitrogens with zero attached hydrogens (tertiary/aromatic N) is 2. The van der Waals surface area contributed by atoms with Gasteiger partial charge in [0.25, 0.3) is 0 Å². The lowest BCUT2D eigenvalue weighted by molar-refractivity contribution is -0.0597. The molecule has 0 aromatic carbocycles. The quantitative estimate of drug-likeness (QED) is 0.911. The van der Waals surface area contributed by atoms with E-state index in [0.717, 1.165) is 47.6 Å². The summed E-state index contributed by atoms with van der Waals surface area (Å²) in [5.41, 5.74) is 6.43. The first-order chi connectivity index (χ1) is 8.48. The van der Waals surface area contributed by atoms with Crippen molar-refractivity contribution in [1.82, 2.24) is 9.97 Å². The van der Waals surface area contributed by atoms with E-state index in [1.807, 2.05) is 6.92 Å². The predicted octanol–water partition coefficient (Wildman–Crippen LogP) is 3.18. The Labute approximate surface area is 116 Å². The van der Waals surface area contributed by atoms with Gasteiger partial charge in [0.1, 0.15) is 11.4 Å². The number of nitrogens with two attached hydrogens (primary N) is 1. The van der Waals surface area contributed by atoms with Crippen LogP contribution in [0.4, 0.5) is 5.82 Å².